The van der Waals surface area contributed by atoms with Crippen LogP contribution >= 0.6 is 0 Å². The SMILES string of the molecule is CC.CCCCNOC(=O)C(C)(C)CC(C)(C)CCC(=O)NCCCC(=O)NCCOCCOCC(=O)NCCOCCOCC(=O)NCCCC. The van der Waals surface area contributed by atoms with Crippen LogP contribution in [0.3, 0.4) is 0 Å². The number of rotatable bonds is 33. The van der Waals surface area contributed by atoms with E-state index in [9.17, 15) is 24.0 Å². The second-order valence-corrected chi connectivity index (χ2v) is 13.5. The molecule has 0 aromatic carbocycles. The number of hydrogen-bond acceptors (Lipinski definition) is 11. The van der Waals surface area contributed by atoms with E-state index in [0.29, 0.717) is 84.8 Å². The van der Waals surface area contributed by atoms with E-state index in [1.165, 1.54) is 0 Å². The molecule has 0 atom stereocenters. The molecule has 0 unspecified atom stereocenters. The molecule has 0 spiro atoms. The van der Waals surface area contributed by atoms with Gasteiger partial charge in [-0.05, 0) is 51.4 Å². The Balaban J connectivity index is 0. The molecule has 4 amide bonds. The fraction of sp³-hybridized carbons (Fsp3) is 0.865. The summed E-state index contributed by atoms with van der Waals surface area (Å²) in [5.41, 5.74) is 1.81. The standard InChI is InChI=1S/C35H67N5O10.C2H6/c1-7-9-15-37-31(43)26-48-24-23-47-21-19-39-32(44)27-49-25-22-46-20-18-38-29(41)12-11-16-36-30(42)13-14-34(3,4)28-35(5,6)33(45)50-40-17-10-8-2;1-2/h40H,7-28H2,1-6H3,(H,36,42)(H,37,43)(H,38,41)(H,39,44);1-2H3. The van der Waals surface area contributed by atoms with Crippen molar-refractivity contribution in [3.8, 4) is 0 Å². The fourth-order valence-corrected chi connectivity index (χ4v) is 4.77. The number of carbonyl (C=O) groups excluding carboxylic acids is 5. The van der Waals surface area contributed by atoms with E-state index in [-0.39, 0.29) is 67.9 Å². The molecule has 0 aliphatic heterocycles. The third kappa shape index (κ3) is 33.0. The van der Waals surface area contributed by atoms with Gasteiger partial charge in [-0.25, -0.2) is 4.79 Å². The number of unbranched alkanes of at least 4 members (excludes halogenated alkanes) is 2. The van der Waals surface area contributed by atoms with Crippen LogP contribution in [0.5, 0.6) is 0 Å². The molecule has 0 aliphatic rings. The second kappa shape index (κ2) is 34.0. The van der Waals surface area contributed by atoms with Crippen molar-refractivity contribution in [2.24, 2.45) is 10.8 Å². The topological polar surface area (TPSA) is 192 Å². The molecule has 0 bridgehead atoms. The lowest BCUT2D eigenvalue weighted by Gasteiger charge is -2.33. The average molecular weight is 748 g/mol. The molecule has 0 saturated heterocycles. The van der Waals surface area contributed by atoms with Gasteiger partial charge in [0, 0.05) is 45.6 Å². The molecule has 15 heteroatoms. The van der Waals surface area contributed by atoms with Crippen molar-refractivity contribution in [2.75, 3.05) is 85.6 Å². The van der Waals surface area contributed by atoms with Gasteiger partial charge in [-0.15, -0.1) is 0 Å². The first-order valence-corrected chi connectivity index (χ1v) is 19.1. The maximum atomic E-state index is 12.5. The summed E-state index contributed by atoms with van der Waals surface area (Å²) in [4.78, 5) is 65.4. The molecule has 52 heavy (non-hydrogen) atoms. The van der Waals surface area contributed by atoms with E-state index in [2.05, 4.69) is 40.6 Å². The maximum Gasteiger partial charge on any atom is 0.330 e. The highest BCUT2D eigenvalue weighted by atomic mass is 16.7. The summed E-state index contributed by atoms with van der Waals surface area (Å²) in [7, 11) is 0. The number of nitrogens with one attached hydrogen (secondary N) is 5. The fourth-order valence-electron chi connectivity index (χ4n) is 4.77. The Morgan fingerprint density at radius 3 is 1.52 bits per heavy atom. The summed E-state index contributed by atoms with van der Waals surface area (Å²) in [6.07, 6.45) is 6.23. The summed E-state index contributed by atoms with van der Waals surface area (Å²) < 4.78 is 21.3. The van der Waals surface area contributed by atoms with Crippen LogP contribution in [-0.4, -0.2) is 115 Å². The van der Waals surface area contributed by atoms with Crippen molar-refractivity contribution >= 4 is 29.6 Å². The highest BCUT2D eigenvalue weighted by molar-refractivity contribution is 5.78. The maximum absolute atomic E-state index is 12.5. The minimum absolute atomic E-state index is 0.00350. The molecule has 0 aromatic heterocycles. The van der Waals surface area contributed by atoms with Crippen LogP contribution in [0.2, 0.25) is 0 Å². The Labute approximate surface area is 313 Å². The first kappa shape index (κ1) is 51.3. The van der Waals surface area contributed by atoms with Crippen LogP contribution < -0.4 is 26.7 Å². The van der Waals surface area contributed by atoms with Crippen molar-refractivity contribution < 1.29 is 47.8 Å². The molecular formula is C37H73N5O10. The van der Waals surface area contributed by atoms with Crippen molar-refractivity contribution in [3.05, 3.63) is 0 Å². The molecule has 15 nitrogen and oxygen atoms in total. The van der Waals surface area contributed by atoms with Gasteiger partial charge in [-0.1, -0.05) is 54.4 Å². The molecule has 0 saturated carbocycles. The van der Waals surface area contributed by atoms with Crippen LogP contribution in [0.1, 0.15) is 113 Å². The molecule has 0 rings (SSSR count). The number of carbonyl (C=O) groups is 5. The highest BCUT2D eigenvalue weighted by Crippen LogP contribution is 2.37. The Bertz CT molecular complexity index is 950. The number of ether oxygens (including phenoxy) is 4. The van der Waals surface area contributed by atoms with Gasteiger partial charge >= 0.3 is 5.97 Å². The van der Waals surface area contributed by atoms with Gasteiger partial charge in [0.05, 0.1) is 45.1 Å². The summed E-state index contributed by atoms with van der Waals surface area (Å²) in [6, 6.07) is 0. The zero-order valence-electron chi connectivity index (χ0n) is 33.6. The predicted molar refractivity (Wildman–Crippen MR) is 201 cm³/mol. The molecule has 0 heterocycles. The lowest BCUT2D eigenvalue weighted by Crippen LogP contribution is -2.36. The normalized spacial score (nSPS) is 11.2. The van der Waals surface area contributed by atoms with E-state index < -0.39 is 5.41 Å². The monoisotopic (exact) mass is 748 g/mol. The molecule has 0 fully saturated rings. The van der Waals surface area contributed by atoms with E-state index >= 15 is 0 Å². The Morgan fingerprint density at radius 1 is 0.519 bits per heavy atom. The van der Waals surface area contributed by atoms with E-state index in [1.54, 1.807) is 0 Å². The Morgan fingerprint density at radius 2 is 0.962 bits per heavy atom. The number of amides is 4. The Kier molecular flexibility index (Phi) is 33.5. The van der Waals surface area contributed by atoms with Crippen molar-refractivity contribution in [1.82, 2.24) is 26.7 Å². The lowest BCUT2D eigenvalue weighted by atomic mass is 9.73. The van der Waals surface area contributed by atoms with E-state index in [0.717, 1.165) is 25.7 Å². The predicted octanol–water partition coefficient (Wildman–Crippen LogP) is 3.19. The van der Waals surface area contributed by atoms with Crippen molar-refractivity contribution in [1.29, 1.82) is 0 Å². The van der Waals surface area contributed by atoms with Crippen LogP contribution in [-0.2, 0) is 47.8 Å². The van der Waals surface area contributed by atoms with Gasteiger partial charge in [-0.2, -0.15) is 5.48 Å². The summed E-state index contributed by atoms with van der Waals surface area (Å²) in [6.45, 7) is 19.9. The van der Waals surface area contributed by atoms with Crippen LogP contribution in [0.25, 0.3) is 0 Å². The van der Waals surface area contributed by atoms with Crippen molar-refractivity contribution in [2.45, 2.75) is 113 Å². The minimum Gasteiger partial charge on any atom is -0.377 e. The third-order valence-corrected chi connectivity index (χ3v) is 7.40. The molecule has 0 aromatic rings. The van der Waals surface area contributed by atoms with E-state index in [1.807, 2.05) is 41.5 Å². The first-order valence-electron chi connectivity index (χ1n) is 19.1. The number of hydrogen-bond donors (Lipinski definition) is 5. The quantitative estimate of drug-likeness (QED) is 0.0490. The van der Waals surface area contributed by atoms with Crippen LogP contribution in [0, 0.1) is 10.8 Å². The van der Waals surface area contributed by atoms with Gasteiger partial charge in [0.1, 0.15) is 13.2 Å². The second-order valence-electron chi connectivity index (χ2n) is 13.5. The van der Waals surface area contributed by atoms with Gasteiger partial charge in [-0.3, -0.25) is 19.2 Å². The Hall–Kier alpha value is -2.85. The zero-order chi connectivity index (χ0) is 39.5. The first-order chi connectivity index (χ1) is 24.8. The van der Waals surface area contributed by atoms with Gasteiger partial charge in [0.25, 0.3) is 0 Å². The largest absolute Gasteiger partial charge is 0.377 e. The average Bonchev–Trinajstić information content (AvgIpc) is 3.10. The summed E-state index contributed by atoms with van der Waals surface area (Å²) >= 11 is 0. The molecule has 0 aliphatic carbocycles. The van der Waals surface area contributed by atoms with E-state index in [4.69, 9.17) is 23.8 Å². The van der Waals surface area contributed by atoms with Gasteiger partial charge in [0.15, 0.2) is 0 Å². The molecule has 5 N–H and O–H groups in total. The minimum atomic E-state index is -0.686. The molecular weight excluding hydrogens is 674 g/mol. The molecule has 0 radical (unpaired) electrons. The lowest BCUT2D eigenvalue weighted by molar-refractivity contribution is -0.163. The smallest absolute Gasteiger partial charge is 0.330 e. The highest BCUT2D eigenvalue weighted by Gasteiger charge is 2.36. The van der Waals surface area contributed by atoms with Gasteiger partial charge in [0.2, 0.25) is 23.6 Å². The van der Waals surface area contributed by atoms with Crippen molar-refractivity contribution in [3.63, 3.8) is 0 Å². The summed E-state index contributed by atoms with van der Waals surface area (Å²) in [5.74, 6) is -0.924. The van der Waals surface area contributed by atoms with Crippen LogP contribution in [0.15, 0.2) is 0 Å². The zero-order valence-corrected chi connectivity index (χ0v) is 33.6. The van der Waals surface area contributed by atoms with Gasteiger partial charge < -0.3 is 45.1 Å². The molecule has 306 valence electrons. The summed E-state index contributed by atoms with van der Waals surface area (Å²) in [5, 5.41) is 11.1. The van der Waals surface area contributed by atoms with Crippen LogP contribution in [0.4, 0.5) is 0 Å². The third-order valence-electron chi connectivity index (χ3n) is 7.40. The number of hydroxylamine groups is 1.